The summed E-state index contributed by atoms with van der Waals surface area (Å²) in [6.45, 7) is 4.17. The average Bonchev–Trinajstić information content (AvgIpc) is 3.30. The summed E-state index contributed by atoms with van der Waals surface area (Å²) in [6, 6.07) is 14.7. The number of aromatic nitrogens is 1. The van der Waals surface area contributed by atoms with Crippen LogP contribution in [0.4, 0.5) is 17.1 Å². The average molecular weight is 544 g/mol. The molecule has 2 aromatic carbocycles. The normalized spacial score (nSPS) is 13.4. The Balaban J connectivity index is 1.22. The monoisotopic (exact) mass is 543 g/mol. The number of benzene rings is 2. The second-order valence-corrected chi connectivity index (χ2v) is 10.7. The molecule has 0 radical (unpaired) electrons. The molecule has 0 spiro atoms. The fourth-order valence-corrected chi connectivity index (χ4v) is 5.71. The zero-order chi connectivity index (χ0) is 25.5. The molecule has 2 heterocycles. The molecule has 4 rings (SSSR count). The van der Waals surface area contributed by atoms with Gasteiger partial charge in [0.25, 0.3) is 0 Å². The molecule has 3 amide bonds. The standard InChI is InChI=1S/C25H26ClN5O3S2/c1-17(32)27-18-5-4-6-19(13-18)28-23(33)16-36-25-29-20(15-35-25)14-24(34)31-11-9-30(10-12-31)22-8-3-2-7-21(22)26/h2-8,13,15H,9-12,14,16H2,1H3,(H,27,32)(H,28,33). The van der Waals surface area contributed by atoms with Crippen LogP contribution in [0, 0.1) is 0 Å². The molecular weight excluding hydrogens is 518 g/mol. The minimum Gasteiger partial charge on any atom is -0.367 e. The molecule has 188 valence electrons. The molecule has 11 heteroatoms. The van der Waals surface area contributed by atoms with Crippen molar-refractivity contribution in [2.45, 2.75) is 17.7 Å². The van der Waals surface area contributed by atoms with E-state index < -0.39 is 0 Å². The third-order valence-electron chi connectivity index (χ3n) is 5.48. The Labute approximate surface area is 223 Å². The number of anilines is 3. The van der Waals surface area contributed by atoms with Gasteiger partial charge in [-0.3, -0.25) is 14.4 Å². The summed E-state index contributed by atoms with van der Waals surface area (Å²) in [5, 5.41) is 8.10. The number of carbonyl (C=O) groups excluding carboxylic acids is 3. The van der Waals surface area contributed by atoms with Crippen molar-refractivity contribution >= 4 is 69.5 Å². The lowest BCUT2D eigenvalue weighted by molar-refractivity contribution is -0.130. The predicted octanol–water partition coefficient (Wildman–Crippen LogP) is 4.38. The third kappa shape index (κ3) is 7.22. The maximum absolute atomic E-state index is 12.8. The molecule has 3 aromatic rings. The lowest BCUT2D eigenvalue weighted by Crippen LogP contribution is -2.49. The first-order valence-corrected chi connectivity index (χ1v) is 13.6. The zero-order valence-corrected chi connectivity index (χ0v) is 22.1. The largest absolute Gasteiger partial charge is 0.367 e. The fourth-order valence-electron chi connectivity index (χ4n) is 3.81. The summed E-state index contributed by atoms with van der Waals surface area (Å²) < 4.78 is 0.739. The number of piperazine rings is 1. The topological polar surface area (TPSA) is 94.6 Å². The van der Waals surface area contributed by atoms with Crippen LogP contribution in [-0.4, -0.2) is 59.5 Å². The lowest BCUT2D eigenvalue weighted by Gasteiger charge is -2.36. The highest BCUT2D eigenvalue weighted by Gasteiger charge is 2.23. The number of hydrogen-bond acceptors (Lipinski definition) is 7. The van der Waals surface area contributed by atoms with E-state index in [4.69, 9.17) is 11.6 Å². The van der Waals surface area contributed by atoms with Crippen molar-refractivity contribution in [3.05, 3.63) is 64.6 Å². The van der Waals surface area contributed by atoms with Crippen LogP contribution in [0.25, 0.3) is 0 Å². The number of rotatable bonds is 8. The summed E-state index contributed by atoms with van der Waals surface area (Å²) in [7, 11) is 0. The van der Waals surface area contributed by atoms with Gasteiger partial charge in [0.05, 0.1) is 28.6 Å². The third-order valence-corrected chi connectivity index (χ3v) is 7.87. The number of halogens is 1. The van der Waals surface area contributed by atoms with Gasteiger partial charge in [-0.2, -0.15) is 0 Å². The van der Waals surface area contributed by atoms with Gasteiger partial charge in [-0.1, -0.05) is 41.6 Å². The highest BCUT2D eigenvalue weighted by molar-refractivity contribution is 8.01. The number of carbonyl (C=O) groups is 3. The first kappa shape index (κ1) is 26.0. The van der Waals surface area contributed by atoms with Gasteiger partial charge in [-0.15, -0.1) is 11.3 Å². The van der Waals surface area contributed by atoms with E-state index in [2.05, 4.69) is 20.5 Å². The number of nitrogens with zero attached hydrogens (tertiary/aromatic N) is 3. The maximum atomic E-state index is 12.8. The number of para-hydroxylation sites is 1. The van der Waals surface area contributed by atoms with Crippen molar-refractivity contribution in [3.8, 4) is 0 Å². The first-order chi connectivity index (χ1) is 17.4. The Bertz CT molecular complexity index is 1240. The molecule has 8 nitrogen and oxygen atoms in total. The number of thiazole rings is 1. The lowest BCUT2D eigenvalue weighted by atomic mass is 10.2. The molecule has 0 unspecified atom stereocenters. The fraction of sp³-hybridized carbons (Fsp3) is 0.280. The van der Waals surface area contributed by atoms with E-state index in [9.17, 15) is 14.4 Å². The second-order valence-electron chi connectivity index (χ2n) is 8.20. The Morgan fingerprint density at radius 2 is 1.75 bits per heavy atom. The van der Waals surface area contributed by atoms with E-state index in [1.165, 1.54) is 30.0 Å². The van der Waals surface area contributed by atoms with Crippen LogP contribution < -0.4 is 15.5 Å². The zero-order valence-electron chi connectivity index (χ0n) is 19.7. The number of thioether (sulfide) groups is 1. The van der Waals surface area contributed by atoms with Gasteiger partial charge >= 0.3 is 0 Å². The smallest absolute Gasteiger partial charge is 0.234 e. The number of nitrogens with one attached hydrogen (secondary N) is 2. The molecule has 0 aliphatic carbocycles. The van der Waals surface area contributed by atoms with Crippen LogP contribution in [-0.2, 0) is 20.8 Å². The van der Waals surface area contributed by atoms with Gasteiger partial charge in [0, 0.05) is 49.9 Å². The molecule has 0 bridgehead atoms. The molecule has 1 saturated heterocycles. The number of amides is 3. The Kier molecular flexibility index (Phi) is 8.84. The minimum absolute atomic E-state index is 0.0486. The highest BCUT2D eigenvalue weighted by Crippen LogP contribution is 2.27. The van der Waals surface area contributed by atoms with Gasteiger partial charge < -0.3 is 20.4 Å². The molecule has 2 N–H and O–H groups in total. The van der Waals surface area contributed by atoms with Crippen molar-refractivity contribution in [1.29, 1.82) is 0 Å². The molecular formula is C25H26ClN5O3S2. The molecule has 0 saturated carbocycles. The van der Waals surface area contributed by atoms with Gasteiger partial charge in [0.2, 0.25) is 17.7 Å². The predicted molar refractivity (Wildman–Crippen MR) is 146 cm³/mol. The quantitative estimate of drug-likeness (QED) is 0.410. The van der Waals surface area contributed by atoms with E-state index in [-0.39, 0.29) is 29.9 Å². The van der Waals surface area contributed by atoms with E-state index in [0.717, 1.165) is 28.1 Å². The van der Waals surface area contributed by atoms with Crippen LogP contribution >= 0.6 is 34.7 Å². The molecule has 36 heavy (non-hydrogen) atoms. The van der Waals surface area contributed by atoms with Gasteiger partial charge in [-0.25, -0.2) is 4.98 Å². The first-order valence-electron chi connectivity index (χ1n) is 11.4. The van der Waals surface area contributed by atoms with Crippen molar-refractivity contribution in [2.75, 3.05) is 47.5 Å². The van der Waals surface area contributed by atoms with Crippen molar-refractivity contribution in [2.24, 2.45) is 0 Å². The minimum atomic E-state index is -0.177. The van der Waals surface area contributed by atoms with Crippen LogP contribution in [0.2, 0.25) is 5.02 Å². The summed E-state index contributed by atoms with van der Waals surface area (Å²) in [5.41, 5.74) is 2.93. The van der Waals surface area contributed by atoms with Crippen LogP contribution in [0.5, 0.6) is 0 Å². The second kappa shape index (κ2) is 12.2. The van der Waals surface area contributed by atoms with E-state index in [1.54, 1.807) is 24.3 Å². The van der Waals surface area contributed by atoms with Crippen LogP contribution in [0.3, 0.4) is 0 Å². The van der Waals surface area contributed by atoms with Gasteiger partial charge in [-0.05, 0) is 30.3 Å². The van der Waals surface area contributed by atoms with Crippen molar-refractivity contribution in [1.82, 2.24) is 9.88 Å². The Hall–Kier alpha value is -3.08. The van der Waals surface area contributed by atoms with E-state index in [1.807, 2.05) is 34.5 Å². The molecule has 0 atom stereocenters. The van der Waals surface area contributed by atoms with Crippen molar-refractivity contribution in [3.63, 3.8) is 0 Å². The van der Waals surface area contributed by atoms with Crippen LogP contribution in [0.1, 0.15) is 12.6 Å². The maximum Gasteiger partial charge on any atom is 0.234 e. The van der Waals surface area contributed by atoms with E-state index in [0.29, 0.717) is 30.2 Å². The van der Waals surface area contributed by atoms with Gasteiger partial charge in [0.15, 0.2) is 4.34 Å². The number of hydrogen-bond donors (Lipinski definition) is 2. The van der Waals surface area contributed by atoms with Crippen LogP contribution in [0.15, 0.2) is 58.3 Å². The molecule has 1 aliphatic rings. The summed E-state index contributed by atoms with van der Waals surface area (Å²) >= 11 is 9.06. The van der Waals surface area contributed by atoms with Crippen molar-refractivity contribution < 1.29 is 14.4 Å². The Morgan fingerprint density at radius 1 is 1.03 bits per heavy atom. The summed E-state index contributed by atoms with van der Waals surface area (Å²) in [6.07, 6.45) is 0.241. The summed E-state index contributed by atoms with van der Waals surface area (Å²) in [5.74, 6) is -0.113. The van der Waals surface area contributed by atoms with E-state index >= 15 is 0 Å². The highest BCUT2D eigenvalue weighted by atomic mass is 35.5. The molecule has 1 fully saturated rings. The Morgan fingerprint density at radius 3 is 2.47 bits per heavy atom. The molecule has 1 aliphatic heterocycles. The van der Waals surface area contributed by atoms with Gasteiger partial charge in [0.1, 0.15) is 0 Å². The SMILES string of the molecule is CC(=O)Nc1cccc(NC(=O)CSc2nc(CC(=O)N3CCN(c4ccccc4Cl)CC3)cs2)c1. The summed E-state index contributed by atoms with van der Waals surface area (Å²) in [4.78, 5) is 44.9. The molecule has 1 aromatic heterocycles.